The Labute approximate surface area is 123 Å². The molecule has 0 saturated carbocycles. The predicted octanol–water partition coefficient (Wildman–Crippen LogP) is 2.88. The summed E-state index contributed by atoms with van der Waals surface area (Å²) in [5, 5.41) is 4.60. The van der Waals surface area contributed by atoms with Crippen LogP contribution in [0, 0.1) is 0 Å². The van der Waals surface area contributed by atoms with Gasteiger partial charge in [-0.2, -0.15) is 0 Å². The van der Waals surface area contributed by atoms with Crippen molar-refractivity contribution in [2.75, 3.05) is 25.5 Å². The van der Waals surface area contributed by atoms with E-state index in [1.165, 1.54) is 7.11 Å². The molecule has 3 rings (SSSR count). The van der Waals surface area contributed by atoms with Gasteiger partial charge < -0.3 is 15.0 Å². The average molecular weight is 285 g/mol. The number of nitrogens with one attached hydrogen (secondary N) is 1. The van der Waals surface area contributed by atoms with E-state index in [2.05, 4.69) is 22.4 Å². The van der Waals surface area contributed by atoms with Crippen molar-refractivity contribution in [3.8, 4) is 0 Å². The SMILES string of the molecule is COC(=O)N1CCC(Nc2ccc3ccccc3n2)CC1. The minimum atomic E-state index is -0.239. The third-order valence-corrected chi connectivity index (χ3v) is 3.88. The maximum Gasteiger partial charge on any atom is 0.409 e. The third kappa shape index (κ3) is 3.07. The predicted molar refractivity (Wildman–Crippen MR) is 82.4 cm³/mol. The lowest BCUT2D eigenvalue weighted by Gasteiger charge is -2.31. The number of hydrogen-bond acceptors (Lipinski definition) is 4. The normalized spacial score (nSPS) is 16.0. The second-order valence-electron chi connectivity index (χ2n) is 5.26. The molecule has 5 nitrogen and oxygen atoms in total. The number of rotatable bonds is 2. The molecule has 1 N–H and O–H groups in total. The van der Waals surface area contributed by atoms with Gasteiger partial charge in [0.25, 0.3) is 0 Å². The number of fused-ring (bicyclic) bond motifs is 1. The Bertz CT molecular complexity index is 636. The Morgan fingerprint density at radius 1 is 1.24 bits per heavy atom. The Kier molecular flexibility index (Phi) is 3.90. The van der Waals surface area contributed by atoms with Crippen LogP contribution in [-0.2, 0) is 4.74 Å². The fourth-order valence-corrected chi connectivity index (χ4v) is 2.69. The molecule has 1 fully saturated rings. The van der Waals surface area contributed by atoms with Crippen molar-refractivity contribution in [3.05, 3.63) is 36.4 Å². The van der Waals surface area contributed by atoms with Gasteiger partial charge in [0.15, 0.2) is 0 Å². The number of nitrogens with zero attached hydrogens (tertiary/aromatic N) is 2. The minimum absolute atomic E-state index is 0.239. The summed E-state index contributed by atoms with van der Waals surface area (Å²) in [7, 11) is 1.42. The zero-order valence-corrected chi connectivity index (χ0v) is 12.1. The quantitative estimate of drug-likeness (QED) is 0.922. The first-order valence-electron chi connectivity index (χ1n) is 7.21. The zero-order valence-electron chi connectivity index (χ0n) is 12.1. The van der Waals surface area contributed by atoms with Gasteiger partial charge in [-0.15, -0.1) is 0 Å². The topological polar surface area (TPSA) is 54.5 Å². The molecule has 5 heteroatoms. The van der Waals surface area contributed by atoms with Crippen LogP contribution in [0.3, 0.4) is 0 Å². The number of ether oxygens (including phenoxy) is 1. The van der Waals surface area contributed by atoms with E-state index in [-0.39, 0.29) is 6.09 Å². The number of amides is 1. The number of carbonyl (C=O) groups excluding carboxylic acids is 1. The Morgan fingerprint density at radius 2 is 2.00 bits per heavy atom. The summed E-state index contributed by atoms with van der Waals surface area (Å²) in [4.78, 5) is 17.8. The molecule has 1 aromatic carbocycles. The molecule has 0 unspecified atom stereocenters. The first-order valence-corrected chi connectivity index (χ1v) is 7.21. The number of aromatic nitrogens is 1. The van der Waals surface area contributed by atoms with E-state index in [0.29, 0.717) is 6.04 Å². The highest BCUT2D eigenvalue weighted by atomic mass is 16.5. The Balaban J connectivity index is 1.63. The van der Waals surface area contributed by atoms with Gasteiger partial charge in [0, 0.05) is 24.5 Å². The molecule has 0 atom stereocenters. The van der Waals surface area contributed by atoms with Crippen LogP contribution in [0.1, 0.15) is 12.8 Å². The number of hydrogen-bond donors (Lipinski definition) is 1. The summed E-state index contributed by atoms with van der Waals surface area (Å²) in [5.41, 5.74) is 0.995. The van der Waals surface area contributed by atoms with Crippen LogP contribution in [0.25, 0.3) is 10.9 Å². The lowest BCUT2D eigenvalue weighted by Crippen LogP contribution is -2.42. The number of pyridine rings is 1. The Morgan fingerprint density at radius 3 is 2.76 bits per heavy atom. The molecule has 1 amide bonds. The van der Waals surface area contributed by atoms with Gasteiger partial charge in [0.1, 0.15) is 5.82 Å². The van der Waals surface area contributed by atoms with Crippen molar-refractivity contribution in [1.29, 1.82) is 0 Å². The van der Waals surface area contributed by atoms with Gasteiger partial charge in [-0.25, -0.2) is 9.78 Å². The summed E-state index contributed by atoms with van der Waals surface area (Å²) in [6.07, 6.45) is 1.57. The van der Waals surface area contributed by atoms with Crippen molar-refractivity contribution in [2.45, 2.75) is 18.9 Å². The number of carbonyl (C=O) groups is 1. The van der Waals surface area contributed by atoms with Gasteiger partial charge in [0.2, 0.25) is 0 Å². The highest BCUT2D eigenvalue weighted by Gasteiger charge is 2.23. The van der Waals surface area contributed by atoms with Crippen LogP contribution >= 0.6 is 0 Å². The third-order valence-electron chi connectivity index (χ3n) is 3.88. The molecule has 110 valence electrons. The molecule has 0 radical (unpaired) electrons. The zero-order chi connectivity index (χ0) is 14.7. The summed E-state index contributed by atoms with van der Waals surface area (Å²) in [5.74, 6) is 0.894. The summed E-state index contributed by atoms with van der Waals surface area (Å²) < 4.78 is 4.75. The summed E-state index contributed by atoms with van der Waals surface area (Å²) >= 11 is 0. The van der Waals surface area contributed by atoms with E-state index in [9.17, 15) is 4.79 Å². The van der Waals surface area contributed by atoms with Gasteiger partial charge in [-0.3, -0.25) is 0 Å². The summed E-state index contributed by atoms with van der Waals surface area (Å²) in [6.45, 7) is 1.44. The average Bonchev–Trinajstić information content (AvgIpc) is 2.55. The number of methoxy groups -OCH3 is 1. The minimum Gasteiger partial charge on any atom is -0.453 e. The van der Waals surface area contributed by atoms with Crippen molar-refractivity contribution in [3.63, 3.8) is 0 Å². The fraction of sp³-hybridized carbons (Fsp3) is 0.375. The van der Waals surface area contributed by atoms with Crippen LogP contribution in [0.2, 0.25) is 0 Å². The lowest BCUT2D eigenvalue weighted by atomic mass is 10.1. The van der Waals surface area contributed by atoms with E-state index < -0.39 is 0 Å². The first kappa shape index (κ1) is 13.7. The molecular weight excluding hydrogens is 266 g/mol. The van der Waals surface area contributed by atoms with Crippen LogP contribution in [0.4, 0.5) is 10.6 Å². The van der Waals surface area contributed by atoms with Crippen LogP contribution < -0.4 is 5.32 Å². The molecule has 2 heterocycles. The fourth-order valence-electron chi connectivity index (χ4n) is 2.69. The van der Waals surface area contributed by atoms with E-state index in [1.807, 2.05) is 24.3 Å². The molecule has 0 aliphatic carbocycles. The number of benzene rings is 1. The second-order valence-corrected chi connectivity index (χ2v) is 5.26. The van der Waals surface area contributed by atoms with Crippen molar-refractivity contribution in [1.82, 2.24) is 9.88 Å². The monoisotopic (exact) mass is 285 g/mol. The molecule has 1 aliphatic rings. The van der Waals surface area contributed by atoms with Crippen molar-refractivity contribution in [2.24, 2.45) is 0 Å². The van der Waals surface area contributed by atoms with Gasteiger partial charge >= 0.3 is 6.09 Å². The van der Waals surface area contributed by atoms with E-state index in [0.717, 1.165) is 42.7 Å². The lowest BCUT2D eigenvalue weighted by molar-refractivity contribution is 0.113. The molecule has 0 spiro atoms. The smallest absolute Gasteiger partial charge is 0.409 e. The van der Waals surface area contributed by atoms with Crippen LogP contribution in [0.15, 0.2) is 36.4 Å². The maximum absolute atomic E-state index is 11.4. The first-order chi connectivity index (χ1) is 10.3. The largest absolute Gasteiger partial charge is 0.453 e. The standard InChI is InChI=1S/C16H19N3O2/c1-21-16(20)19-10-8-13(9-11-19)17-15-7-6-12-4-2-3-5-14(12)18-15/h2-7,13H,8-11H2,1H3,(H,17,18). The van der Waals surface area contributed by atoms with E-state index in [4.69, 9.17) is 4.74 Å². The second kappa shape index (κ2) is 5.99. The number of para-hydroxylation sites is 1. The highest BCUT2D eigenvalue weighted by molar-refractivity contribution is 5.80. The van der Waals surface area contributed by atoms with Crippen molar-refractivity contribution >= 4 is 22.8 Å². The Hall–Kier alpha value is -2.30. The molecule has 0 bridgehead atoms. The number of piperidine rings is 1. The molecule has 1 aliphatic heterocycles. The molecule has 2 aromatic rings. The molecular formula is C16H19N3O2. The highest BCUT2D eigenvalue weighted by Crippen LogP contribution is 2.19. The van der Waals surface area contributed by atoms with Gasteiger partial charge in [0.05, 0.1) is 12.6 Å². The van der Waals surface area contributed by atoms with Crippen LogP contribution in [0.5, 0.6) is 0 Å². The maximum atomic E-state index is 11.4. The molecule has 1 aromatic heterocycles. The summed E-state index contributed by atoms with van der Waals surface area (Å²) in [6, 6.07) is 12.5. The number of likely N-dealkylation sites (tertiary alicyclic amines) is 1. The molecule has 21 heavy (non-hydrogen) atoms. The number of anilines is 1. The van der Waals surface area contributed by atoms with E-state index >= 15 is 0 Å². The molecule has 1 saturated heterocycles. The van der Waals surface area contributed by atoms with E-state index in [1.54, 1.807) is 4.90 Å². The van der Waals surface area contributed by atoms with Gasteiger partial charge in [-0.05, 0) is 31.0 Å². The van der Waals surface area contributed by atoms with Gasteiger partial charge in [-0.1, -0.05) is 18.2 Å². The van der Waals surface area contributed by atoms with Crippen molar-refractivity contribution < 1.29 is 9.53 Å². The van der Waals surface area contributed by atoms with Crippen LogP contribution in [-0.4, -0.2) is 42.2 Å².